The van der Waals surface area contributed by atoms with Gasteiger partial charge in [-0.3, -0.25) is 14.8 Å². The average Bonchev–Trinajstić information content (AvgIpc) is 2.56. The van der Waals surface area contributed by atoms with Gasteiger partial charge in [-0.25, -0.2) is 0 Å². The Morgan fingerprint density at radius 2 is 1.68 bits per heavy atom. The van der Waals surface area contributed by atoms with Crippen LogP contribution < -0.4 is 0 Å². The van der Waals surface area contributed by atoms with Crippen LogP contribution in [0.1, 0.15) is 5.56 Å². The number of rotatable bonds is 4. The van der Waals surface area contributed by atoms with Crippen LogP contribution in [0.15, 0.2) is 67.1 Å². The molecular weight excluding hydrogens is 276 g/mol. The fraction of sp³-hybridized carbons (Fsp3) is 0.0556. The Labute approximate surface area is 128 Å². The Morgan fingerprint density at radius 3 is 2.27 bits per heavy atom. The summed E-state index contributed by atoms with van der Waals surface area (Å²) in [5.41, 5.74) is 4.65. The first-order valence-corrected chi connectivity index (χ1v) is 6.90. The molecule has 22 heavy (non-hydrogen) atoms. The average molecular weight is 290 g/mol. The predicted molar refractivity (Wildman–Crippen MR) is 84.2 cm³/mol. The summed E-state index contributed by atoms with van der Waals surface area (Å²) in [4.78, 5) is 19.2. The number of hydrogen-bond donors (Lipinski definition) is 1. The molecule has 4 heteroatoms. The number of nitrogens with zero attached hydrogens (tertiary/aromatic N) is 2. The van der Waals surface area contributed by atoms with E-state index < -0.39 is 5.97 Å². The quantitative estimate of drug-likeness (QED) is 0.799. The molecule has 1 aromatic carbocycles. The van der Waals surface area contributed by atoms with E-state index in [2.05, 4.69) is 9.97 Å². The lowest BCUT2D eigenvalue weighted by Gasteiger charge is -2.05. The molecule has 0 spiro atoms. The molecule has 0 unspecified atom stereocenters. The van der Waals surface area contributed by atoms with Crippen molar-refractivity contribution >= 4 is 5.97 Å². The standard InChI is InChI=1S/C18H14N2O2/c21-18(22)10-13-3-5-14(6-4-13)15-7-8-17(20-12-15)16-2-1-9-19-11-16/h1-9,11-12H,10H2,(H,21,22). The van der Waals surface area contributed by atoms with E-state index in [4.69, 9.17) is 5.11 Å². The number of carbonyl (C=O) groups is 1. The van der Waals surface area contributed by atoms with Crippen molar-refractivity contribution in [3.05, 3.63) is 72.7 Å². The van der Waals surface area contributed by atoms with Crippen LogP contribution in [0.3, 0.4) is 0 Å². The lowest BCUT2D eigenvalue weighted by Crippen LogP contribution is -1.99. The van der Waals surface area contributed by atoms with Crippen molar-refractivity contribution in [3.63, 3.8) is 0 Å². The third kappa shape index (κ3) is 3.17. The number of benzene rings is 1. The molecule has 4 nitrogen and oxygen atoms in total. The van der Waals surface area contributed by atoms with Crippen LogP contribution in [0, 0.1) is 0 Å². The molecule has 0 radical (unpaired) electrons. The van der Waals surface area contributed by atoms with Crippen LogP contribution in [0.25, 0.3) is 22.4 Å². The van der Waals surface area contributed by atoms with E-state index >= 15 is 0 Å². The van der Waals surface area contributed by atoms with Gasteiger partial charge in [-0.2, -0.15) is 0 Å². The van der Waals surface area contributed by atoms with Crippen LogP contribution in [0.5, 0.6) is 0 Å². The van der Waals surface area contributed by atoms with Gasteiger partial charge in [0.1, 0.15) is 0 Å². The molecule has 0 aliphatic rings. The number of pyridine rings is 2. The first kappa shape index (κ1) is 13.9. The molecule has 0 aliphatic heterocycles. The van der Waals surface area contributed by atoms with Gasteiger partial charge in [0.05, 0.1) is 12.1 Å². The van der Waals surface area contributed by atoms with E-state index in [1.165, 1.54) is 0 Å². The van der Waals surface area contributed by atoms with Crippen molar-refractivity contribution in [1.29, 1.82) is 0 Å². The van der Waals surface area contributed by atoms with E-state index in [0.717, 1.165) is 27.9 Å². The molecule has 0 aliphatic carbocycles. The SMILES string of the molecule is O=C(O)Cc1ccc(-c2ccc(-c3cccnc3)nc2)cc1. The molecule has 0 amide bonds. The molecule has 2 aromatic heterocycles. The van der Waals surface area contributed by atoms with Gasteiger partial charge in [-0.1, -0.05) is 30.3 Å². The Kier molecular flexibility index (Phi) is 3.92. The Bertz CT molecular complexity index is 766. The Morgan fingerprint density at radius 1 is 0.909 bits per heavy atom. The monoisotopic (exact) mass is 290 g/mol. The molecule has 108 valence electrons. The van der Waals surface area contributed by atoms with Crippen molar-refractivity contribution < 1.29 is 9.90 Å². The molecule has 2 heterocycles. The molecule has 3 rings (SSSR count). The molecule has 0 saturated carbocycles. The summed E-state index contributed by atoms with van der Waals surface area (Å²) in [6, 6.07) is 15.3. The summed E-state index contributed by atoms with van der Waals surface area (Å²) >= 11 is 0. The van der Waals surface area contributed by atoms with E-state index in [-0.39, 0.29) is 6.42 Å². The van der Waals surface area contributed by atoms with Crippen LogP contribution in [-0.4, -0.2) is 21.0 Å². The first-order chi connectivity index (χ1) is 10.7. The van der Waals surface area contributed by atoms with E-state index in [9.17, 15) is 4.79 Å². The molecule has 0 saturated heterocycles. The highest BCUT2D eigenvalue weighted by Crippen LogP contribution is 2.22. The van der Waals surface area contributed by atoms with Crippen LogP contribution in [0.4, 0.5) is 0 Å². The molecule has 1 N–H and O–H groups in total. The summed E-state index contributed by atoms with van der Waals surface area (Å²) in [6.45, 7) is 0. The highest BCUT2D eigenvalue weighted by Gasteiger charge is 2.03. The largest absolute Gasteiger partial charge is 0.481 e. The number of hydrogen-bond acceptors (Lipinski definition) is 3. The fourth-order valence-corrected chi connectivity index (χ4v) is 2.24. The number of aromatic nitrogens is 2. The zero-order chi connectivity index (χ0) is 15.4. The maximum absolute atomic E-state index is 10.7. The Hall–Kier alpha value is -3.01. The second-order valence-electron chi connectivity index (χ2n) is 4.94. The van der Waals surface area contributed by atoms with E-state index in [1.807, 2.05) is 54.7 Å². The number of aliphatic carboxylic acids is 1. The minimum Gasteiger partial charge on any atom is -0.481 e. The van der Waals surface area contributed by atoms with Gasteiger partial charge in [0, 0.05) is 29.7 Å². The molecule has 0 bridgehead atoms. The maximum Gasteiger partial charge on any atom is 0.307 e. The maximum atomic E-state index is 10.7. The van der Waals surface area contributed by atoms with Crippen molar-refractivity contribution in [2.24, 2.45) is 0 Å². The highest BCUT2D eigenvalue weighted by atomic mass is 16.4. The molecular formula is C18H14N2O2. The predicted octanol–water partition coefficient (Wildman–Crippen LogP) is 3.44. The van der Waals surface area contributed by atoms with Gasteiger partial charge < -0.3 is 5.11 Å². The third-order valence-corrected chi connectivity index (χ3v) is 3.36. The minimum absolute atomic E-state index is 0.0402. The van der Waals surface area contributed by atoms with Crippen molar-refractivity contribution in [3.8, 4) is 22.4 Å². The minimum atomic E-state index is -0.824. The van der Waals surface area contributed by atoms with Crippen molar-refractivity contribution in [2.75, 3.05) is 0 Å². The number of carboxylic acid groups (broad SMARTS) is 1. The summed E-state index contributed by atoms with van der Waals surface area (Å²) < 4.78 is 0. The normalized spacial score (nSPS) is 10.4. The van der Waals surface area contributed by atoms with Crippen LogP contribution in [0.2, 0.25) is 0 Å². The van der Waals surface area contributed by atoms with E-state index in [1.54, 1.807) is 12.4 Å². The van der Waals surface area contributed by atoms with E-state index in [0.29, 0.717) is 0 Å². The lowest BCUT2D eigenvalue weighted by molar-refractivity contribution is -0.136. The molecule has 0 atom stereocenters. The van der Waals surface area contributed by atoms with Crippen LogP contribution >= 0.6 is 0 Å². The number of carboxylic acids is 1. The van der Waals surface area contributed by atoms with Gasteiger partial charge in [-0.05, 0) is 29.3 Å². The third-order valence-electron chi connectivity index (χ3n) is 3.36. The summed E-state index contributed by atoms with van der Waals surface area (Å²) in [6.07, 6.45) is 5.37. The fourth-order valence-electron chi connectivity index (χ4n) is 2.24. The molecule has 3 aromatic rings. The smallest absolute Gasteiger partial charge is 0.307 e. The van der Waals surface area contributed by atoms with Crippen molar-refractivity contribution in [2.45, 2.75) is 6.42 Å². The van der Waals surface area contributed by atoms with Gasteiger partial charge in [0.15, 0.2) is 0 Å². The van der Waals surface area contributed by atoms with Gasteiger partial charge in [-0.15, -0.1) is 0 Å². The van der Waals surface area contributed by atoms with Crippen molar-refractivity contribution in [1.82, 2.24) is 9.97 Å². The first-order valence-electron chi connectivity index (χ1n) is 6.90. The zero-order valence-electron chi connectivity index (χ0n) is 11.8. The molecule has 0 fully saturated rings. The van der Waals surface area contributed by atoms with Gasteiger partial charge in [0.2, 0.25) is 0 Å². The Balaban J connectivity index is 1.82. The van der Waals surface area contributed by atoms with Gasteiger partial charge in [0.25, 0.3) is 0 Å². The zero-order valence-corrected chi connectivity index (χ0v) is 11.8. The highest BCUT2D eigenvalue weighted by molar-refractivity contribution is 5.71. The summed E-state index contributed by atoms with van der Waals surface area (Å²) in [5, 5.41) is 8.78. The second-order valence-corrected chi connectivity index (χ2v) is 4.94. The lowest BCUT2D eigenvalue weighted by atomic mass is 10.0. The summed E-state index contributed by atoms with van der Waals surface area (Å²) in [5.74, 6) is -0.824. The summed E-state index contributed by atoms with van der Waals surface area (Å²) in [7, 11) is 0. The van der Waals surface area contributed by atoms with Crippen LogP contribution in [-0.2, 0) is 11.2 Å². The second kappa shape index (κ2) is 6.18. The topological polar surface area (TPSA) is 63.1 Å². The van der Waals surface area contributed by atoms with Gasteiger partial charge >= 0.3 is 5.97 Å².